The molecule has 5 nitrogen and oxygen atoms in total. The number of rotatable bonds is 4. The van der Waals surface area contributed by atoms with Gasteiger partial charge in [-0.15, -0.1) is 0 Å². The number of hydrogen-bond acceptors (Lipinski definition) is 4. The number of aryl methyl sites for hydroxylation is 2. The minimum atomic E-state index is -3.68. The van der Waals surface area contributed by atoms with Gasteiger partial charge in [0.25, 0.3) is 10.0 Å². The van der Waals surface area contributed by atoms with E-state index in [1.54, 1.807) is 42.6 Å². The standard InChI is InChI=1S/C19H19N3O2S/c1-13-9-10-21-19(11-13)22-25(23,24)17-7-4-15(5-8-17)18-12-16(20)6-3-14(18)2/h3-12H,20H2,1-2H3,(H,21,22). The Morgan fingerprint density at radius 2 is 1.68 bits per heavy atom. The molecule has 0 aliphatic rings. The summed E-state index contributed by atoms with van der Waals surface area (Å²) in [6, 6.07) is 15.9. The maximum Gasteiger partial charge on any atom is 0.263 e. The van der Waals surface area contributed by atoms with Gasteiger partial charge in [-0.1, -0.05) is 18.2 Å². The molecule has 0 saturated carbocycles. The fourth-order valence-corrected chi connectivity index (χ4v) is 3.55. The molecule has 1 aromatic heterocycles. The fourth-order valence-electron chi connectivity index (χ4n) is 2.55. The second-order valence-electron chi connectivity index (χ2n) is 5.92. The van der Waals surface area contributed by atoms with Crippen LogP contribution in [0.25, 0.3) is 11.1 Å². The van der Waals surface area contributed by atoms with Gasteiger partial charge in [0.15, 0.2) is 0 Å². The van der Waals surface area contributed by atoms with E-state index < -0.39 is 10.0 Å². The molecular weight excluding hydrogens is 334 g/mol. The van der Waals surface area contributed by atoms with Crippen LogP contribution < -0.4 is 10.5 Å². The number of hydrogen-bond donors (Lipinski definition) is 2. The Morgan fingerprint density at radius 1 is 0.960 bits per heavy atom. The molecule has 0 aliphatic heterocycles. The van der Waals surface area contributed by atoms with E-state index >= 15 is 0 Å². The van der Waals surface area contributed by atoms with E-state index in [1.165, 1.54) is 0 Å². The highest BCUT2D eigenvalue weighted by molar-refractivity contribution is 7.92. The number of nitrogens with two attached hydrogens (primary N) is 1. The molecule has 128 valence electrons. The van der Waals surface area contributed by atoms with E-state index in [4.69, 9.17) is 5.73 Å². The molecule has 25 heavy (non-hydrogen) atoms. The summed E-state index contributed by atoms with van der Waals surface area (Å²) in [7, 11) is -3.68. The van der Waals surface area contributed by atoms with E-state index in [0.29, 0.717) is 11.5 Å². The Morgan fingerprint density at radius 3 is 2.36 bits per heavy atom. The third-order valence-electron chi connectivity index (χ3n) is 3.89. The molecule has 0 aliphatic carbocycles. The van der Waals surface area contributed by atoms with Gasteiger partial charge in [0, 0.05) is 11.9 Å². The monoisotopic (exact) mass is 353 g/mol. The predicted octanol–water partition coefficient (Wildman–Crippen LogP) is 3.75. The number of nitrogens with one attached hydrogen (secondary N) is 1. The van der Waals surface area contributed by atoms with Crippen molar-refractivity contribution >= 4 is 21.5 Å². The molecule has 0 radical (unpaired) electrons. The molecule has 1 heterocycles. The highest BCUT2D eigenvalue weighted by Gasteiger charge is 2.15. The maximum atomic E-state index is 12.5. The van der Waals surface area contributed by atoms with E-state index in [1.807, 2.05) is 32.0 Å². The van der Waals surface area contributed by atoms with Gasteiger partial charge < -0.3 is 5.73 Å². The molecule has 6 heteroatoms. The zero-order chi connectivity index (χ0) is 18.0. The van der Waals surface area contributed by atoms with Crippen molar-refractivity contribution < 1.29 is 8.42 Å². The number of benzene rings is 2. The Kier molecular flexibility index (Phi) is 4.46. The van der Waals surface area contributed by atoms with Gasteiger partial charge in [-0.3, -0.25) is 4.72 Å². The Balaban J connectivity index is 1.90. The summed E-state index contributed by atoms with van der Waals surface area (Å²) in [5, 5.41) is 0. The minimum absolute atomic E-state index is 0.182. The van der Waals surface area contributed by atoms with Crippen molar-refractivity contribution in [3.8, 4) is 11.1 Å². The fraction of sp³-hybridized carbons (Fsp3) is 0.105. The van der Waals surface area contributed by atoms with Gasteiger partial charge in [0.05, 0.1) is 4.90 Å². The normalized spacial score (nSPS) is 11.3. The molecule has 3 rings (SSSR count). The molecule has 0 unspecified atom stereocenters. The van der Waals surface area contributed by atoms with Gasteiger partial charge in [0.1, 0.15) is 5.82 Å². The summed E-state index contributed by atoms with van der Waals surface area (Å²) in [6.07, 6.45) is 1.57. The average molecular weight is 353 g/mol. The number of anilines is 2. The lowest BCUT2D eigenvalue weighted by atomic mass is 10.0. The number of pyridine rings is 1. The van der Waals surface area contributed by atoms with Crippen LogP contribution in [0.1, 0.15) is 11.1 Å². The van der Waals surface area contributed by atoms with Crippen LogP contribution in [-0.4, -0.2) is 13.4 Å². The van der Waals surface area contributed by atoms with Crippen LogP contribution in [0, 0.1) is 13.8 Å². The first-order chi connectivity index (χ1) is 11.8. The second kappa shape index (κ2) is 6.57. The quantitative estimate of drug-likeness (QED) is 0.700. The molecular formula is C19H19N3O2S. The first-order valence-electron chi connectivity index (χ1n) is 7.77. The molecule has 0 saturated heterocycles. The van der Waals surface area contributed by atoms with Crippen LogP contribution in [0.2, 0.25) is 0 Å². The Bertz CT molecular complexity index is 1010. The smallest absolute Gasteiger partial charge is 0.263 e. The third-order valence-corrected chi connectivity index (χ3v) is 5.26. The topological polar surface area (TPSA) is 85.1 Å². The van der Waals surface area contributed by atoms with Crippen LogP contribution in [0.5, 0.6) is 0 Å². The SMILES string of the molecule is Cc1ccnc(NS(=O)(=O)c2ccc(-c3cc(N)ccc3C)cc2)c1. The van der Waals surface area contributed by atoms with E-state index in [2.05, 4.69) is 9.71 Å². The molecule has 3 aromatic rings. The van der Waals surface area contributed by atoms with Crippen LogP contribution in [0.3, 0.4) is 0 Å². The predicted molar refractivity (Wildman–Crippen MR) is 101 cm³/mol. The molecule has 0 spiro atoms. The molecule has 0 bridgehead atoms. The lowest BCUT2D eigenvalue weighted by Crippen LogP contribution is -2.13. The van der Waals surface area contributed by atoms with E-state index in [0.717, 1.165) is 22.3 Å². The van der Waals surface area contributed by atoms with Crippen LogP contribution >= 0.6 is 0 Å². The van der Waals surface area contributed by atoms with Gasteiger partial charge in [0.2, 0.25) is 0 Å². The average Bonchev–Trinajstić information content (AvgIpc) is 2.57. The summed E-state index contributed by atoms with van der Waals surface area (Å²) in [6.45, 7) is 3.87. The lowest BCUT2D eigenvalue weighted by molar-refractivity contribution is 0.601. The Labute approximate surface area is 147 Å². The zero-order valence-electron chi connectivity index (χ0n) is 14.0. The van der Waals surface area contributed by atoms with Gasteiger partial charge in [-0.05, 0) is 72.5 Å². The van der Waals surface area contributed by atoms with Crippen molar-refractivity contribution in [2.24, 2.45) is 0 Å². The largest absolute Gasteiger partial charge is 0.399 e. The molecule has 3 N–H and O–H groups in total. The van der Waals surface area contributed by atoms with Crippen molar-refractivity contribution in [2.75, 3.05) is 10.5 Å². The van der Waals surface area contributed by atoms with Crippen molar-refractivity contribution in [3.05, 3.63) is 71.9 Å². The maximum absolute atomic E-state index is 12.5. The summed E-state index contributed by atoms with van der Waals surface area (Å²) < 4.78 is 27.5. The van der Waals surface area contributed by atoms with Crippen molar-refractivity contribution in [2.45, 2.75) is 18.7 Å². The number of sulfonamides is 1. The lowest BCUT2D eigenvalue weighted by Gasteiger charge is -2.10. The Hall–Kier alpha value is -2.86. The first kappa shape index (κ1) is 17.0. The molecule has 0 atom stereocenters. The van der Waals surface area contributed by atoms with E-state index in [-0.39, 0.29) is 4.90 Å². The number of nitrogens with zero attached hydrogens (tertiary/aromatic N) is 1. The zero-order valence-corrected chi connectivity index (χ0v) is 14.8. The summed E-state index contributed by atoms with van der Waals surface area (Å²) in [5.74, 6) is 0.302. The van der Waals surface area contributed by atoms with Crippen molar-refractivity contribution in [1.29, 1.82) is 0 Å². The molecule has 0 amide bonds. The minimum Gasteiger partial charge on any atom is -0.399 e. The number of nitrogen functional groups attached to an aromatic ring is 1. The van der Waals surface area contributed by atoms with Gasteiger partial charge in [-0.25, -0.2) is 13.4 Å². The van der Waals surface area contributed by atoms with Crippen LogP contribution in [-0.2, 0) is 10.0 Å². The highest BCUT2D eigenvalue weighted by atomic mass is 32.2. The first-order valence-corrected chi connectivity index (χ1v) is 9.25. The second-order valence-corrected chi connectivity index (χ2v) is 7.61. The van der Waals surface area contributed by atoms with Gasteiger partial charge in [-0.2, -0.15) is 0 Å². The molecule has 2 aromatic carbocycles. The van der Waals surface area contributed by atoms with Crippen molar-refractivity contribution in [1.82, 2.24) is 4.98 Å². The highest BCUT2D eigenvalue weighted by Crippen LogP contribution is 2.27. The summed E-state index contributed by atoms with van der Waals surface area (Å²) in [4.78, 5) is 4.21. The van der Waals surface area contributed by atoms with Crippen LogP contribution in [0.15, 0.2) is 65.7 Å². The third kappa shape index (κ3) is 3.80. The molecule has 0 fully saturated rings. The van der Waals surface area contributed by atoms with E-state index in [9.17, 15) is 8.42 Å². The van der Waals surface area contributed by atoms with Crippen LogP contribution in [0.4, 0.5) is 11.5 Å². The number of aromatic nitrogens is 1. The van der Waals surface area contributed by atoms with Crippen molar-refractivity contribution in [3.63, 3.8) is 0 Å². The summed E-state index contributed by atoms with van der Waals surface area (Å²) >= 11 is 0. The van der Waals surface area contributed by atoms with Gasteiger partial charge >= 0.3 is 0 Å². The summed E-state index contributed by atoms with van der Waals surface area (Å²) in [5.41, 5.74) is 10.4.